The molecule has 0 aromatic heterocycles. The summed E-state index contributed by atoms with van der Waals surface area (Å²) in [5.41, 5.74) is 0. The van der Waals surface area contributed by atoms with Crippen molar-refractivity contribution in [2.45, 2.75) is 0 Å². The van der Waals surface area contributed by atoms with E-state index < -0.39 is 13.2 Å². The van der Waals surface area contributed by atoms with E-state index in [1.54, 1.807) is 0 Å². The van der Waals surface area contributed by atoms with Gasteiger partial charge < -0.3 is 0 Å². The predicted molar refractivity (Wildman–Crippen MR) is 12.4 cm³/mol. The Morgan fingerprint density at radius 1 is 1.40 bits per heavy atom. The molecule has 0 saturated heterocycles. The van der Waals surface area contributed by atoms with Crippen molar-refractivity contribution in [2.24, 2.45) is 0 Å². The molecule has 0 aliphatic carbocycles. The van der Waals surface area contributed by atoms with Crippen molar-refractivity contribution in [3.63, 3.8) is 0 Å². The molecule has 5 heteroatoms. The molecule has 0 bridgehead atoms. The van der Waals surface area contributed by atoms with E-state index in [2.05, 4.69) is 19.7 Å². The first-order valence-corrected chi connectivity index (χ1v) is 4.93. The van der Waals surface area contributed by atoms with Crippen LogP contribution in [0.5, 0.6) is 0 Å². The van der Waals surface area contributed by atoms with E-state index in [1.165, 1.54) is 0 Å². The zero-order valence-corrected chi connectivity index (χ0v) is 6.36. The van der Waals surface area contributed by atoms with Crippen LogP contribution in [0.3, 0.4) is 0 Å². The third kappa shape index (κ3) is 29.1. The minimum Gasteiger partial charge on any atom is 0 e. The van der Waals surface area contributed by atoms with Crippen LogP contribution in [-0.4, -0.2) is 0 Å². The molecule has 0 N–H and O–H groups in total. The van der Waals surface area contributed by atoms with Crippen LogP contribution in [0.1, 0.15) is 0 Å². The molecule has 0 spiro atoms. The Bertz CT molecular complexity index is 30.6. The topological polar surface area (TPSA) is 17.1 Å². The van der Waals surface area contributed by atoms with Gasteiger partial charge in [-0.05, 0) is 0 Å². The number of halogens is 2. The Balaban J connectivity index is 0. The summed E-state index contributed by atoms with van der Waals surface area (Å²) in [6, 6.07) is 0. The molecular weight excluding hydrogens is 189 g/mol. The van der Waals surface area contributed by atoms with Crippen LogP contribution in [0.4, 0.5) is 0 Å². The van der Waals surface area contributed by atoms with Crippen molar-refractivity contribution in [1.29, 1.82) is 0 Å². The number of rotatable bonds is 0. The minimum atomic E-state index is -2.49. The molecule has 0 aromatic rings. The van der Waals surface area contributed by atoms with E-state index in [0.717, 1.165) is 0 Å². The van der Waals surface area contributed by atoms with Crippen molar-refractivity contribution in [3.8, 4) is 0 Å². The van der Waals surface area contributed by atoms with Crippen LogP contribution in [-0.2, 0) is 35.4 Å². The maximum absolute atomic E-state index is 9.20. The second kappa shape index (κ2) is 5.55. The monoisotopic (exact) mass is 188 g/mol. The zero-order valence-electron chi connectivity index (χ0n) is 2.06. The van der Waals surface area contributed by atoms with Crippen LogP contribution in [0, 0.1) is 0 Å². The summed E-state index contributed by atoms with van der Waals surface area (Å²) < 4.78 is 9.20. The smallest absolute Gasteiger partial charge is 0 e. The average Bonchev–Trinajstić information content (AvgIpc) is 0.811. The fraction of sp³-hybridized carbons (Fsp3) is 0. The summed E-state index contributed by atoms with van der Waals surface area (Å²) in [6.07, 6.45) is 0. The van der Waals surface area contributed by atoms with Gasteiger partial charge in [0.2, 0.25) is 0 Å². The SMILES string of the molecule is [O]=[V]([Cl])[Cl].[V]. The van der Waals surface area contributed by atoms with Crippen molar-refractivity contribution < 1.29 is 35.4 Å². The quantitative estimate of drug-likeness (QED) is 0.560. The summed E-state index contributed by atoms with van der Waals surface area (Å²) in [6.45, 7) is 0. The van der Waals surface area contributed by atoms with Crippen molar-refractivity contribution in [2.75, 3.05) is 0 Å². The fourth-order valence-electron chi connectivity index (χ4n) is 0. The van der Waals surface area contributed by atoms with Gasteiger partial charge in [-0.1, -0.05) is 0 Å². The van der Waals surface area contributed by atoms with Crippen LogP contribution in [0.25, 0.3) is 0 Å². The second-order valence-corrected chi connectivity index (χ2v) is 4.08. The molecule has 0 fully saturated rings. The van der Waals surface area contributed by atoms with Gasteiger partial charge >= 0.3 is 36.6 Å². The molecule has 0 atom stereocenters. The van der Waals surface area contributed by atoms with Gasteiger partial charge in [-0.2, -0.15) is 0 Å². The normalized spacial score (nSPS) is 5.20. The summed E-state index contributed by atoms with van der Waals surface area (Å²) in [5, 5.41) is 0. The predicted octanol–water partition coefficient (Wildman–Crippen LogP) is 1.26. The molecule has 0 aromatic carbocycles. The second-order valence-electron chi connectivity index (χ2n) is 0.202. The van der Waals surface area contributed by atoms with Crippen molar-refractivity contribution in [3.05, 3.63) is 0 Å². The van der Waals surface area contributed by atoms with Gasteiger partial charge in [0.15, 0.2) is 0 Å². The molecule has 0 aliphatic rings. The van der Waals surface area contributed by atoms with Gasteiger partial charge in [-0.3, -0.25) is 0 Å². The summed E-state index contributed by atoms with van der Waals surface area (Å²) in [7, 11) is 9.26. The molecule has 0 saturated carbocycles. The van der Waals surface area contributed by atoms with Crippen LogP contribution >= 0.6 is 19.7 Å². The van der Waals surface area contributed by atoms with Gasteiger partial charge in [0.05, 0.1) is 0 Å². The van der Waals surface area contributed by atoms with Gasteiger partial charge in [-0.15, -0.1) is 0 Å². The third-order valence-corrected chi connectivity index (χ3v) is 0. The van der Waals surface area contributed by atoms with Gasteiger partial charge in [0.1, 0.15) is 0 Å². The molecule has 0 unspecified atom stereocenters. The van der Waals surface area contributed by atoms with Crippen LogP contribution in [0.15, 0.2) is 0 Å². The first kappa shape index (κ1) is 9.74. The fourth-order valence-corrected chi connectivity index (χ4v) is 0. The van der Waals surface area contributed by atoms with Gasteiger partial charge in [-0.25, -0.2) is 0 Å². The molecule has 0 heterocycles. The minimum absolute atomic E-state index is 0. The van der Waals surface area contributed by atoms with Crippen LogP contribution in [0.2, 0.25) is 0 Å². The van der Waals surface area contributed by atoms with E-state index in [4.69, 9.17) is 0 Å². The standard InChI is InChI=1S/2ClH.O.2V/h2*1H;;;/q;;;;+2/p-2. The van der Waals surface area contributed by atoms with E-state index in [-0.39, 0.29) is 18.6 Å². The molecule has 0 amide bonds. The average molecular weight is 189 g/mol. The van der Waals surface area contributed by atoms with Gasteiger partial charge in [0.25, 0.3) is 0 Å². The van der Waals surface area contributed by atoms with Crippen molar-refractivity contribution >= 4 is 19.7 Å². The number of hydrogen-bond acceptors (Lipinski definition) is 1. The Morgan fingerprint density at radius 2 is 1.40 bits per heavy atom. The molecular formula is Cl2OV2. The maximum atomic E-state index is 9.20. The molecule has 30 valence electrons. The van der Waals surface area contributed by atoms with E-state index in [9.17, 15) is 3.67 Å². The first-order valence-electron chi connectivity index (χ1n) is 0.521. The Kier molecular flexibility index (Phi) is 10.8. The Morgan fingerprint density at radius 3 is 1.40 bits per heavy atom. The summed E-state index contributed by atoms with van der Waals surface area (Å²) in [5.74, 6) is 0. The van der Waals surface area contributed by atoms with E-state index in [0.29, 0.717) is 0 Å². The summed E-state index contributed by atoms with van der Waals surface area (Å²) in [4.78, 5) is 0. The molecule has 1 radical (unpaired) electrons. The third-order valence-electron chi connectivity index (χ3n) is 0. The molecule has 5 heavy (non-hydrogen) atoms. The zero-order chi connectivity index (χ0) is 3.58. The largest absolute Gasteiger partial charge is 0 e. The molecule has 0 aliphatic heterocycles. The van der Waals surface area contributed by atoms with Crippen molar-refractivity contribution in [1.82, 2.24) is 0 Å². The first-order chi connectivity index (χ1) is 1.73. The van der Waals surface area contributed by atoms with E-state index in [1.807, 2.05) is 0 Å². The Hall–Kier alpha value is 1.55. The number of hydrogen-bond donors (Lipinski definition) is 0. The van der Waals surface area contributed by atoms with Gasteiger partial charge in [0, 0.05) is 18.6 Å². The Labute approximate surface area is 54.9 Å². The molecule has 0 rings (SSSR count). The van der Waals surface area contributed by atoms with Crippen LogP contribution < -0.4 is 0 Å². The summed E-state index contributed by atoms with van der Waals surface area (Å²) >= 11 is -2.49. The molecule has 1 nitrogen and oxygen atoms in total. The van der Waals surface area contributed by atoms with E-state index >= 15 is 0 Å². The maximum Gasteiger partial charge on any atom is 0 e.